The van der Waals surface area contributed by atoms with Gasteiger partial charge >= 0.3 is 5.97 Å². The van der Waals surface area contributed by atoms with Crippen molar-refractivity contribution in [1.82, 2.24) is 0 Å². The number of ether oxygens (including phenoxy) is 2. The van der Waals surface area contributed by atoms with Crippen molar-refractivity contribution in [3.05, 3.63) is 59.2 Å². The van der Waals surface area contributed by atoms with Gasteiger partial charge in [-0.2, -0.15) is 0 Å². The van der Waals surface area contributed by atoms with Crippen LogP contribution < -0.4 is 4.74 Å². The molecule has 1 heterocycles. The third-order valence-corrected chi connectivity index (χ3v) is 5.39. The molecule has 1 unspecified atom stereocenters. The lowest BCUT2D eigenvalue weighted by Crippen LogP contribution is -2.19. The number of carboxylic acid groups (broad SMARTS) is 1. The Morgan fingerprint density at radius 3 is 2.79 bits per heavy atom. The van der Waals surface area contributed by atoms with Crippen molar-refractivity contribution in [3.8, 4) is 16.9 Å². The van der Waals surface area contributed by atoms with E-state index in [0.717, 1.165) is 71.4 Å². The van der Waals surface area contributed by atoms with Crippen LogP contribution >= 0.6 is 0 Å². The molecule has 1 aliphatic rings. The number of rotatable bonds is 8. The first kappa shape index (κ1) is 21.1. The Balaban J connectivity index is 2.19. The monoisotopic (exact) mass is 394 g/mol. The number of hydrogen-bond donors (Lipinski definition) is 1. The van der Waals surface area contributed by atoms with Gasteiger partial charge in [-0.3, -0.25) is 0 Å². The molecule has 2 aromatic rings. The van der Waals surface area contributed by atoms with Crippen molar-refractivity contribution in [2.24, 2.45) is 0 Å². The van der Waals surface area contributed by atoms with Crippen LogP contribution in [0.3, 0.4) is 0 Å². The normalized spacial score (nSPS) is 14.0. The number of benzene rings is 2. The molecule has 4 heteroatoms. The Bertz CT molecular complexity index is 913. The van der Waals surface area contributed by atoms with Crippen molar-refractivity contribution in [2.75, 3.05) is 13.2 Å². The molecule has 4 nitrogen and oxygen atoms in total. The van der Waals surface area contributed by atoms with E-state index in [1.807, 2.05) is 38.1 Å². The lowest BCUT2D eigenvalue weighted by Gasteiger charge is -2.24. The summed E-state index contributed by atoms with van der Waals surface area (Å²) in [5.41, 5.74) is 6.51. The van der Waals surface area contributed by atoms with Crippen LogP contribution in [0.4, 0.5) is 0 Å². The van der Waals surface area contributed by atoms with Crippen LogP contribution in [0.1, 0.15) is 61.5 Å². The van der Waals surface area contributed by atoms with E-state index in [4.69, 9.17) is 9.47 Å². The molecule has 0 amide bonds. The van der Waals surface area contributed by atoms with Gasteiger partial charge in [0.25, 0.3) is 0 Å². The second-order valence-corrected chi connectivity index (χ2v) is 7.72. The summed E-state index contributed by atoms with van der Waals surface area (Å²) in [4.78, 5) is 12.2. The maximum Gasteiger partial charge on any atom is 0.337 e. The minimum Gasteiger partial charge on any atom is -0.493 e. The number of unbranched alkanes of at least 4 members (excludes halogenated alkanes) is 1. The van der Waals surface area contributed by atoms with E-state index in [1.165, 1.54) is 0 Å². The first-order valence-electron chi connectivity index (χ1n) is 10.3. The van der Waals surface area contributed by atoms with Gasteiger partial charge in [-0.15, -0.1) is 0 Å². The van der Waals surface area contributed by atoms with Gasteiger partial charge in [0.05, 0.1) is 6.61 Å². The zero-order chi connectivity index (χ0) is 21.0. The van der Waals surface area contributed by atoms with E-state index >= 15 is 0 Å². The molecule has 0 aliphatic carbocycles. The molecule has 0 aromatic heterocycles. The first-order chi connectivity index (χ1) is 13.9. The molecular formula is C25H30O4. The Kier molecular flexibility index (Phi) is 6.75. The van der Waals surface area contributed by atoms with Crippen LogP contribution in [0.2, 0.25) is 0 Å². The summed E-state index contributed by atoms with van der Waals surface area (Å²) in [6.07, 6.45) is 2.72. The van der Waals surface area contributed by atoms with Gasteiger partial charge in [-0.05, 0) is 73.1 Å². The van der Waals surface area contributed by atoms with Crippen LogP contribution in [-0.2, 0) is 16.0 Å². The zero-order valence-electron chi connectivity index (χ0n) is 17.6. The first-order valence-corrected chi connectivity index (χ1v) is 10.3. The molecule has 154 valence electrons. The average Bonchev–Trinajstić information content (AvgIpc) is 2.70. The van der Waals surface area contributed by atoms with E-state index in [1.54, 1.807) is 0 Å². The highest BCUT2D eigenvalue weighted by molar-refractivity contribution is 5.88. The van der Waals surface area contributed by atoms with Crippen LogP contribution in [0.5, 0.6) is 5.75 Å². The van der Waals surface area contributed by atoms with Crippen molar-refractivity contribution in [2.45, 2.75) is 52.6 Å². The van der Waals surface area contributed by atoms with E-state index in [0.29, 0.717) is 12.2 Å². The highest BCUT2D eigenvalue weighted by atomic mass is 16.5. The topological polar surface area (TPSA) is 55.8 Å². The van der Waals surface area contributed by atoms with Gasteiger partial charge in [0.1, 0.15) is 5.75 Å². The fraction of sp³-hybridized carbons (Fsp3) is 0.400. The van der Waals surface area contributed by atoms with Crippen LogP contribution in [0.15, 0.2) is 36.9 Å². The molecule has 29 heavy (non-hydrogen) atoms. The highest BCUT2D eigenvalue weighted by Gasteiger charge is 2.28. The molecule has 1 aliphatic heterocycles. The number of carboxylic acids is 1. The van der Waals surface area contributed by atoms with Crippen LogP contribution in [-0.4, -0.2) is 24.3 Å². The zero-order valence-corrected chi connectivity index (χ0v) is 17.6. The van der Waals surface area contributed by atoms with E-state index in [-0.39, 0.29) is 0 Å². The average molecular weight is 395 g/mol. The Morgan fingerprint density at radius 2 is 2.10 bits per heavy atom. The molecule has 1 N–H and O–H groups in total. The summed E-state index contributed by atoms with van der Waals surface area (Å²) in [7, 11) is 0. The van der Waals surface area contributed by atoms with Gasteiger partial charge in [-0.1, -0.05) is 43.7 Å². The maximum absolute atomic E-state index is 12.2. The lowest BCUT2D eigenvalue weighted by atomic mass is 9.85. The van der Waals surface area contributed by atoms with Crippen molar-refractivity contribution < 1.29 is 19.4 Å². The molecular weight excluding hydrogens is 364 g/mol. The Morgan fingerprint density at radius 1 is 1.31 bits per heavy atom. The van der Waals surface area contributed by atoms with Gasteiger partial charge in [-0.25, -0.2) is 4.79 Å². The third-order valence-electron chi connectivity index (χ3n) is 5.39. The fourth-order valence-electron chi connectivity index (χ4n) is 3.87. The van der Waals surface area contributed by atoms with Crippen molar-refractivity contribution in [3.63, 3.8) is 0 Å². The molecule has 0 saturated heterocycles. The van der Waals surface area contributed by atoms with E-state index < -0.39 is 12.1 Å². The molecule has 3 rings (SSSR count). The summed E-state index contributed by atoms with van der Waals surface area (Å²) in [6, 6.07) is 10.1. The van der Waals surface area contributed by atoms with Crippen molar-refractivity contribution in [1.29, 1.82) is 0 Å². The minimum absolute atomic E-state index is 0.418. The largest absolute Gasteiger partial charge is 0.493 e. The molecule has 0 fully saturated rings. The summed E-state index contributed by atoms with van der Waals surface area (Å²) >= 11 is 0. The minimum atomic E-state index is -1.01. The lowest BCUT2D eigenvalue weighted by molar-refractivity contribution is -0.151. The van der Waals surface area contributed by atoms with E-state index in [2.05, 4.69) is 19.6 Å². The quantitative estimate of drug-likeness (QED) is 0.561. The molecule has 0 saturated carbocycles. The maximum atomic E-state index is 12.2. The SMILES string of the molecule is C=C(C)c1ccc(C)c(C(OCCCC)C(=O)O)c1-c1ccc2c(c1)CCCO2. The number of allylic oxidation sites excluding steroid dienone is 1. The molecule has 0 radical (unpaired) electrons. The summed E-state index contributed by atoms with van der Waals surface area (Å²) in [5, 5.41) is 9.98. The molecule has 1 atom stereocenters. The molecule has 0 spiro atoms. The molecule has 0 bridgehead atoms. The predicted molar refractivity (Wildman–Crippen MR) is 116 cm³/mol. The second kappa shape index (κ2) is 9.27. The smallest absolute Gasteiger partial charge is 0.337 e. The number of carbonyl (C=O) groups is 1. The third kappa shape index (κ3) is 4.54. The second-order valence-electron chi connectivity index (χ2n) is 7.72. The van der Waals surface area contributed by atoms with Crippen LogP contribution in [0, 0.1) is 6.92 Å². The number of aliphatic carboxylic acids is 1. The van der Waals surface area contributed by atoms with Gasteiger partial charge in [0.2, 0.25) is 0 Å². The van der Waals surface area contributed by atoms with Crippen molar-refractivity contribution >= 4 is 11.5 Å². The van der Waals surface area contributed by atoms with Gasteiger partial charge in [0.15, 0.2) is 6.10 Å². The summed E-state index contributed by atoms with van der Waals surface area (Å²) in [5.74, 6) is -0.0503. The Hall–Kier alpha value is -2.59. The van der Waals surface area contributed by atoms with E-state index in [9.17, 15) is 9.90 Å². The number of hydrogen-bond acceptors (Lipinski definition) is 3. The summed E-state index contributed by atoms with van der Waals surface area (Å²) < 4.78 is 11.6. The Labute approximate surface area is 173 Å². The van der Waals surface area contributed by atoms with Crippen LogP contribution in [0.25, 0.3) is 16.7 Å². The predicted octanol–water partition coefficient (Wildman–Crippen LogP) is 5.96. The highest BCUT2D eigenvalue weighted by Crippen LogP contribution is 2.40. The number of aryl methyl sites for hydroxylation is 2. The fourth-order valence-corrected chi connectivity index (χ4v) is 3.87. The van der Waals surface area contributed by atoms with Gasteiger partial charge in [0, 0.05) is 12.2 Å². The molecule has 2 aromatic carbocycles. The van der Waals surface area contributed by atoms with Gasteiger partial charge < -0.3 is 14.6 Å². The summed E-state index contributed by atoms with van der Waals surface area (Å²) in [6.45, 7) is 11.3. The standard InChI is InChI=1S/C25H30O4/c1-5-6-13-29-24(25(26)27)22-17(4)9-11-20(16(2)3)23(22)19-10-12-21-18(15-19)8-7-14-28-21/h9-12,15,24H,2,5-8,13-14H2,1,3-4H3,(H,26,27). The number of fused-ring (bicyclic) bond motifs is 1.